The minimum Gasteiger partial charge on any atom is -0.307 e. The number of hydrogen-bond donors (Lipinski definition) is 0. The van der Waals surface area contributed by atoms with E-state index in [9.17, 15) is 13.6 Å². The van der Waals surface area contributed by atoms with Crippen molar-refractivity contribution in [3.63, 3.8) is 0 Å². The quantitative estimate of drug-likeness (QED) is 0.800. The maximum atomic E-state index is 13.6. The molecule has 0 aromatic heterocycles. The van der Waals surface area contributed by atoms with Crippen molar-refractivity contribution in [2.45, 2.75) is 6.42 Å². The molecule has 2 rings (SSSR count). The van der Waals surface area contributed by atoms with Crippen LogP contribution in [0.1, 0.15) is 6.42 Å². The second-order valence-corrected chi connectivity index (χ2v) is 4.61. The van der Waals surface area contributed by atoms with Gasteiger partial charge in [-0.25, -0.2) is 8.78 Å². The predicted octanol–water partition coefficient (Wildman–Crippen LogP) is 2.60. The number of nitriles is 1. The van der Waals surface area contributed by atoms with E-state index < -0.39 is 17.6 Å². The van der Waals surface area contributed by atoms with E-state index in [-0.39, 0.29) is 29.0 Å². The molecule has 0 N–H and O–H groups in total. The van der Waals surface area contributed by atoms with Gasteiger partial charge in [-0.3, -0.25) is 4.79 Å². The average molecular weight is 301 g/mol. The lowest BCUT2D eigenvalue weighted by molar-refractivity contribution is -0.117. The lowest BCUT2D eigenvalue weighted by Gasteiger charge is -2.18. The number of carbonyl (C=O) groups is 1. The molecule has 1 atom stereocenters. The Labute approximate surface area is 105 Å². The second kappa shape index (κ2) is 4.41. The van der Waals surface area contributed by atoms with Crippen molar-refractivity contribution in [2.75, 3.05) is 11.4 Å². The third kappa shape index (κ3) is 2.15. The molecule has 6 heteroatoms. The molecule has 1 aliphatic heterocycles. The minimum atomic E-state index is -0.816. The van der Waals surface area contributed by atoms with E-state index in [2.05, 4.69) is 15.9 Å². The minimum absolute atomic E-state index is 0.00542. The molecule has 0 bridgehead atoms. The van der Waals surface area contributed by atoms with Gasteiger partial charge in [-0.1, -0.05) is 0 Å². The van der Waals surface area contributed by atoms with Gasteiger partial charge < -0.3 is 4.90 Å². The van der Waals surface area contributed by atoms with Gasteiger partial charge in [-0.2, -0.15) is 5.26 Å². The summed E-state index contributed by atoms with van der Waals surface area (Å²) in [5.74, 6) is -2.31. The first kappa shape index (κ1) is 12.0. The molecular weight excluding hydrogens is 294 g/mol. The number of benzene rings is 1. The highest BCUT2D eigenvalue weighted by molar-refractivity contribution is 9.10. The Hall–Kier alpha value is -1.48. The number of halogens is 3. The number of rotatable bonds is 1. The van der Waals surface area contributed by atoms with Crippen molar-refractivity contribution in [1.29, 1.82) is 5.26 Å². The third-order valence-electron chi connectivity index (χ3n) is 2.56. The summed E-state index contributed by atoms with van der Waals surface area (Å²) >= 11 is 3.02. The lowest BCUT2D eigenvalue weighted by Crippen LogP contribution is -2.26. The molecule has 0 aliphatic carbocycles. The molecule has 1 amide bonds. The van der Waals surface area contributed by atoms with Gasteiger partial charge in [0.1, 0.15) is 5.82 Å². The van der Waals surface area contributed by atoms with Gasteiger partial charge in [0.05, 0.1) is 17.7 Å². The summed E-state index contributed by atoms with van der Waals surface area (Å²) in [6.07, 6.45) is 0.0692. The maximum absolute atomic E-state index is 13.6. The molecule has 1 saturated heterocycles. The van der Waals surface area contributed by atoms with Gasteiger partial charge in [-0.05, 0) is 22.0 Å². The molecule has 0 saturated carbocycles. The molecule has 0 spiro atoms. The van der Waals surface area contributed by atoms with Crippen LogP contribution in [0.25, 0.3) is 0 Å². The van der Waals surface area contributed by atoms with E-state index in [4.69, 9.17) is 5.26 Å². The Balaban J connectivity index is 2.42. The molecule has 1 aromatic carbocycles. The summed E-state index contributed by atoms with van der Waals surface area (Å²) in [7, 11) is 0. The Bertz CT molecular complexity index is 504. The van der Waals surface area contributed by atoms with Crippen LogP contribution >= 0.6 is 15.9 Å². The molecule has 1 heterocycles. The van der Waals surface area contributed by atoms with Crippen molar-refractivity contribution in [1.82, 2.24) is 0 Å². The fraction of sp³-hybridized carbons (Fsp3) is 0.273. The lowest BCUT2D eigenvalue weighted by atomic mass is 10.1. The zero-order valence-corrected chi connectivity index (χ0v) is 10.2. The highest BCUT2D eigenvalue weighted by Gasteiger charge is 2.33. The molecule has 1 fully saturated rings. The largest absolute Gasteiger partial charge is 0.307 e. The van der Waals surface area contributed by atoms with Crippen molar-refractivity contribution in [3.8, 4) is 6.07 Å². The maximum Gasteiger partial charge on any atom is 0.228 e. The van der Waals surface area contributed by atoms with E-state index in [0.29, 0.717) is 6.07 Å². The number of amides is 1. The zero-order valence-electron chi connectivity index (χ0n) is 8.58. The number of anilines is 1. The van der Waals surface area contributed by atoms with Crippen molar-refractivity contribution in [3.05, 3.63) is 28.2 Å². The first-order valence-corrected chi connectivity index (χ1v) is 5.66. The predicted molar refractivity (Wildman–Crippen MR) is 60.1 cm³/mol. The van der Waals surface area contributed by atoms with Crippen LogP contribution in [0.5, 0.6) is 0 Å². The molecule has 1 aliphatic rings. The van der Waals surface area contributed by atoms with Gasteiger partial charge in [-0.15, -0.1) is 0 Å². The summed E-state index contributed by atoms with van der Waals surface area (Å²) in [6, 6.07) is 3.77. The van der Waals surface area contributed by atoms with Crippen LogP contribution < -0.4 is 4.90 Å². The van der Waals surface area contributed by atoms with Crippen LogP contribution in [0.15, 0.2) is 16.6 Å². The Morgan fingerprint density at radius 2 is 2.18 bits per heavy atom. The van der Waals surface area contributed by atoms with Crippen molar-refractivity contribution < 1.29 is 13.6 Å². The number of hydrogen-bond acceptors (Lipinski definition) is 2. The van der Waals surface area contributed by atoms with Crippen LogP contribution in [-0.4, -0.2) is 12.5 Å². The van der Waals surface area contributed by atoms with Crippen LogP contribution in [0.4, 0.5) is 14.5 Å². The van der Waals surface area contributed by atoms with Gasteiger partial charge in [0.15, 0.2) is 5.82 Å². The molecule has 88 valence electrons. The van der Waals surface area contributed by atoms with Crippen molar-refractivity contribution in [2.24, 2.45) is 5.92 Å². The summed E-state index contributed by atoms with van der Waals surface area (Å²) < 4.78 is 26.7. The van der Waals surface area contributed by atoms with Gasteiger partial charge in [0.2, 0.25) is 5.91 Å². The van der Waals surface area contributed by atoms with Crippen molar-refractivity contribution >= 4 is 27.5 Å². The van der Waals surface area contributed by atoms with Crippen LogP contribution in [0, 0.1) is 28.9 Å². The average Bonchev–Trinajstić information content (AvgIpc) is 2.59. The summed E-state index contributed by atoms with van der Waals surface area (Å²) in [4.78, 5) is 12.8. The summed E-state index contributed by atoms with van der Waals surface area (Å²) in [5.41, 5.74) is -0.00542. The molecule has 1 unspecified atom stereocenters. The third-order valence-corrected chi connectivity index (χ3v) is 3.16. The smallest absolute Gasteiger partial charge is 0.228 e. The van der Waals surface area contributed by atoms with Crippen LogP contribution in [0.3, 0.4) is 0 Å². The molecule has 0 radical (unpaired) electrons. The van der Waals surface area contributed by atoms with Gasteiger partial charge >= 0.3 is 0 Å². The topological polar surface area (TPSA) is 44.1 Å². The van der Waals surface area contributed by atoms with E-state index >= 15 is 0 Å². The first-order chi connectivity index (χ1) is 8.02. The zero-order chi connectivity index (χ0) is 12.6. The highest BCUT2D eigenvalue weighted by atomic mass is 79.9. The molecule has 17 heavy (non-hydrogen) atoms. The SMILES string of the molecule is N#CC1CC(=O)N(c2c(F)cc(F)cc2Br)C1. The molecular formula is C11H7BrF2N2O. The van der Waals surface area contributed by atoms with E-state index in [1.807, 2.05) is 6.07 Å². The standard InChI is InChI=1S/C11H7BrF2N2O/c12-8-2-7(13)3-9(14)11(8)16-5-6(4-15)1-10(16)17/h2-3,6H,1,5H2. The Kier molecular flexibility index (Phi) is 3.11. The first-order valence-electron chi connectivity index (χ1n) is 4.87. The monoisotopic (exact) mass is 300 g/mol. The summed E-state index contributed by atoms with van der Waals surface area (Å²) in [6.45, 7) is 0.135. The second-order valence-electron chi connectivity index (χ2n) is 3.75. The van der Waals surface area contributed by atoms with Crippen LogP contribution in [0.2, 0.25) is 0 Å². The van der Waals surface area contributed by atoms with Gasteiger partial charge in [0, 0.05) is 23.5 Å². The molecule has 3 nitrogen and oxygen atoms in total. The van der Waals surface area contributed by atoms with Gasteiger partial charge in [0.25, 0.3) is 0 Å². The fourth-order valence-electron chi connectivity index (χ4n) is 1.80. The number of carbonyl (C=O) groups excluding carboxylic acids is 1. The Morgan fingerprint density at radius 3 is 2.71 bits per heavy atom. The van der Waals surface area contributed by atoms with Crippen LogP contribution in [-0.2, 0) is 4.79 Å². The number of nitrogens with zero attached hydrogens (tertiary/aromatic N) is 2. The van der Waals surface area contributed by atoms with E-state index in [1.165, 1.54) is 4.90 Å². The highest BCUT2D eigenvalue weighted by Crippen LogP contribution is 2.34. The fourth-order valence-corrected chi connectivity index (χ4v) is 2.42. The Morgan fingerprint density at radius 1 is 1.47 bits per heavy atom. The molecule has 1 aromatic rings. The van der Waals surface area contributed by atoms with E-state index in [0.717, 1.165) is 6.07 Å². The normalized spacial score (nSPS) is 19.5. The van der Waals surface area contributed by atoms with E-state index in [1.54, 1.807) is 0 Å². The summed E-state index contributed by atoms with van der Waals surface area (Å²) in [5, 5.41) is 8.74.